The van der Waals surface area contributed by atoms with Crippen LogP contribution in [0.25, 0.3) is 11.3 Å². The number of aromatic nitrogens is 1. The van der Waals surface area contributed by atoms with Gasteiger partial charge >= 0.3 is 6.61 Å². The number of nitrogens with zero attached hydrogens (tertiary/aromatic N) is 1. The second-order valence-corrected chi connectivity index (χ2v) is 7.69. The number of thiazole rings is 1. The number of anilines is 1. The molecule has 1 amide bonds. The number of ether oxygens (including phenoxy) is 2. The van der Waals surface area contributed by atoms with Crippen molar-refractivity contribution in [3.8, 4) is 22.8 Å². The number of nitrogens with one attached hydrogen (secondary N) is 1. The summed E-state index contributed by atoms with van der Waals surface area (Å²) in [6, 6.07) is 18.7. The molecule has 0 aliphatic rings. The smallest absolute Gasteiger partial charge is 0.387 e. The minimum atomic E-state index is -2.88. The minimum Gasteiger partial charge on any atom is -0.489 e. The van der Waals surface area contributed by atoms with Crippen molar-refractivity contribution in [1.29, 1.82) is 0 Å². The van der Waals surface area contributed by atoms with E-state index >= 15 is 0 Å². The van der Waals surface area contributed by atoms with Crippen LogP contribution < -0.4 is 14.8 Å². The highest BCUT2D eigenvalue weighted by atomic mass is 32.1. The average molecular weight is 470 g/mol. The topological polar surface area (TPSA) is 60.5 Å². The van der Waals surface area contributed by atoms with Crippen LogP contribution in [-0.4, -0.2) is 17.5 Å². The van der Waals surface area contributed by atoms with Gasteiger partial charge in [0.05, 0.1) is 5.69 Å². The summed E-state index contributed by atoms with van der Waals surface area (Å²) in [6.45, 7) is -2.60. The van der Waals surface area contributed by atoms with Gasteiger partial charge in [-0.25, -0.2) is 9.37 Å². The van der Waals surface area contributed by atoms with Crippen LogP contribution in [0.2, 0.25) is 0 Å². The molecule has 0 saturated heterocycles. The van der Waals surface area contributed by atoms with E-state index in [1.165, 1.54) is 35.6 Å². The van der Waals surface area contributed by atoms with Gasteiger partial charge in [-0.15, -0.1) is 11.3 Å². The van der Waals surface area contributed by atoms with Crippen molar-refractivity contribution in [2.24, 2.45) is 0 Å². The maximum absolute atomic E-state index is 12.9. The van der Waals surface area contributed by atoms with Crippen LogP contribution in [0.4, 0.5) is 18.3 Å². The first kappa shape index (κ1) is 22.3. The summed E-state index contributed by atoms with van der Waals surface area (Å²) in [7, 11) is 0. The highest BCUT2D eigenvalue weighted by molar-refractivity contribution is 7.14. The van der Waals surface area contributed by atoms with Gasteiger partial charge in [0.25, 0.3) is 5.91 Å². The molecule has 1 aromatic heterocycles. The zero-order chi connectivity index (χ0) is 23.2. The summed E-state index contributed by atoms with van der Waals surface area (Å²) in [5.41, 5.74) is 2.61. The van der Waals surface area contributed by atoms with Crippen molar-refractivity contribution in [3.63, 3.8) is 0 Å². The van der Waals surface area contributed by atoms with Crippen molar-refractivity contribution in [3.05, 3.63) is 95.1 Å². The fourth-order valence-corrected chi connectivity index (χ4v) is 3.60. The molecule has 168 valence electrons. The molecule has 1 N–H and O–H groups in total. The second kappa shape index (κ2) is 10.2. The zero-order valence-corrected chi connectivity index (χ0v) is 17.8. The molecule has 0 unspecified atom stereocenters. The minimum absolute atomic E-state index is 0.0593. The van der Waals surface area contributed by atoms with E-state index in [1.54, 1.807) is 53.9 Å². The fourth-order valence-electron chi connectivity index (χ4n) is 2.89. The van der Waals surface area contributed by atoms with Gasteiger partial charge in [0.1, 0.15) is 23.9 Å². The van der Waals surface area contributed by atoms with Crippen LogP contribution in [0.1, 0.15) is 15.9 Å². The van der Waals surface area contributed by atoms with Crippen molar-refractivity contribution in [1.82, 2.24) is 4.98 Å². The zero-order valence-electron chi connectivity index (χ0n) is 17.0. The van der Waals surface area contributed by atoms with Crippen LogP contribution in [0, 0.1) is 5.82 Å². The predicted molar refractivity (Wildman–Crippen MR) is 119 cm³/mol. The Bertz CT molecular complexity index is 1210. The molecule has 0 fully saturated rings. The molecule has 3 aromatic carbocycles. The molecule has 9 heteroatoms. The van der Waals surface area contributed by atoms with Gasteiger partial charge < -0.3 is 9.47 Å². The van der Waals surface area contributed by atoms with E-state index < -0.39 is 6.61 Å². The molecule has 33 heavy (non-hydrogen) atoms. The van der Waals surface area contributed by atoms with Gasteiger partial charge in [-0.2, -0.15) is 8.78 Å². The quantitative estimate of drug-likeness (QED) is 0.325. The molecule has 1 heterocycles. The molecule has 0 spiro atoms. The van der Waals surface area contributed by atoms with Crippen molar-refractivity contribution in [2.75, 3.05) is 5.32 Å². The Morgan fingerprint density at radius 1 is 0.939 bits per heavy atom. The van der Waals surface area contributed by atoms with Crippen LogP contribution >= 0.6 is 11.3 Å². The summed E-state index contributed by atoms with van der Waals surface area (Å²) >= 11 is 1.25. The highest BCUT2D eigenvalue weighted by Gasteiger charge is 2.11. The lowest BCUT2D eigenvalue weighted by atomic mass is 10.1. The van der Waals surface area contributed by atoms with E-state index in [4.69, 9.17) is 4.74 Å². The second-order valence-electron chi connectivity index (χ2n) is 6.83. The first-order valence-corrected chi connectivity index (χ1v) is 10.6. The van der Waals surface area contributed by atoms with Gasteiger partial charge in [0.15, 0.2) is 5.13 Å². The van der Waals surface area contributed by atoms with E-state index in [2.05, 4.69) is 15.0 Å². The molecular weight excluding hydrogens is 453 g/mol. The molecule has 0 aliphatic carbocycles. The molecule has 0 bridgehead atoms. The molecular formula is C24H17F3N2O3S. The van der Waals surface area contributed by atoms with Crippen LogP contribution in [-0.2, 0) is 6.61 Å². The maximum atomic E-state index is 12.9. The Morgan fingerprint density at radius 2 is 1.61 bits per heavy atom. The summed E-state index contributed by atoms with van der Waals surface area (Å²) in [5, 5.41) is 4.91. The average Bonchev–Trinajstić information content (AvgIpc) is 3.27. The lowest BCUT2D eigenvalue weighted by molar-refractivity contribution is -0.0498. The number of hydrogen-bond acceptors (Lipinski definition) is 5. The molecule has 0 saturated carbocycles. The third-order valence-electron chi connectivity index (χ3n) is 4.54. The molecule has 0 radical (unpaired) electrons. The SMILES string of the molecule is O=C(Nc1nc(-c2ccc(OC(F)F)cc2)cs1)c1ccc(COc2ccc(F)cc2)cc1. The largest absolute Gasteiger partial charge is 0.489 e. The number of carbonyl (C=O) groups is 1. The number of rotatable bonds is 8. The third kappa shape index (κ3) is 6.11. The number of alkyl halides is 2. The fraction of sp³-hybridized carbons (Fsp3) is 0.0833. The van der Waals surface area contributed by atoms with Gasteiger partial charge in [-0.1, -0.05) is 12.1 Å². The summed E-state index contributed by atoms with van der Waals surface area (Å²) < 4.78 is 47.4. The Hall–Kier alpha value is -3.85. The standard InChI is InChI=1S/C24H17F3N2O3S/c25-18-7-11-19(12-8-18)31-13-15-1-3-17(4-2-15)22(30)29-24-28-21(14-33-24)16-5-9-20(10-6-16)32-23(26)27/h1-12,14,23H,13H2,(H,28,29,30). The Morgan fingerprint density at radius 3 is 2.27 bits per heavy atom. The van der Waals surface area contributed by atoms with Crippen LogP contribution in [0.15, 0.2) is 78.2 Å². The molecule has 0 aliphatic heterocycles. The number of hydrogen-bond donors (Lipinski definition) is 1. The molecule has 4 aromatic rings. The van der Waals surface area contributed by atoms with E-state index in [9.17, 15) is 18.0 Å². The normalized spacial score (nSPS) is 10.8. The Balaban J connectivity index is 1.33. The van der Waals surface area contributed by atoms with E-state index in [0.717, 1.165) is 5.56 Å². The monoisotopic (exact) mass is 470 g/mol. The van der Waals surface area contributed by atoms with Crippen LogP contribution in [0.5, 0.6) is 11.5 Å². The number of amides is 1. The van der Waals surface area contributed by atoms with E-state index in [0.29, 0.717) is 27.7 Å². The summed E-state index contributed by atoms with van der Waals surface area (Å²) in [4.78, 5) is 16.9. The first-order valence-electron chi connectivity index (χ1n) is 9.76. The summed E-state index contributed by atoms with van der Waals surface area (Å²) in [6.07, 6.45) is 0. The number of carbonyl (C=O) groups excluding carboxylic acids is 1. The molecule has 5 nitrogen and oxygen atoms in total. The van der Waals surface area contributed by atoms with Gasteiger partial charge in [-0.3, -0.25) is 10.1 Å². The number of benzene rings is 3. The Labute approximate surface area is 191 Å². The highest BCUT2D eigenvalue weighted by Crippen LogP contribution is 2.27. The molecule has 0 atom stereocenters. The van der Waals surface area contributed by atoms with Crippen molar-refractivity contribution >= 4 is 22.4 Å². The Kier molecular flexibility index (Phi) is 6.89. The maximum Gasteiger partial charge on any atom is 0.387 e. The van der Waals surface area contributed by atoms with Crippen LogP contribution in [0.3, 0.4) is 0 Å². The van der Waals surface area contributed by atoms with Gasteiger partial charge in [-0.05, 0) is 66.2 Å². The molecule has 4 rings (SSSR count). The third-order valence-corrected chi connectivity index (χ3v) is 5.29. The van der Waals surface area contributed by atoms with E-state index in [1.807, 2.05) is 0 Å². The predicted octanol–water partition coefficient (Wildman–Crippen LogP) is 6.38. The lowest BCUT2D eigenvalue weighted by Crippen LogP contribution is -2.11. The lowest BCUT2D eigenvalue weighted by Gasteiger charge is -2.07. The van der Waals surface area contributed by atoms with Gasteiger partial charge in [0.2, 0.25) is 0 Å². The van der Waals surface area contributed by atoms with Crippen molar-refractivity contribution < 1.29 is 27.4 Å². The number of halogens is 3. The van der Waals surface area contributed by atoms with Crippen molar-refractivity contribution in [2.45, 2.75) is 13.2 Å². The van der Waals surface area contributed by atoms with Gasteiger partial charge in [0, 0.05) is 16.5 Å². The summed E-state index contributed by atoms with van der Waals surface area (Å²) in [5.74, 6) is -0.0389. The van der Waals surface area contributed by atoms with E-state index in [-0.39, 0.29) is 24.1 Å². The first-order chi connectivity index (χ1) is 16.0.